The molecule has 0 aromatic carbocycles. The van der Waals surface area contributed by atoms with Gasteiger partial charge in [-0.25, -0.2) is 0 Å². The zero-order valence-electron chi connectivity index (χ0n) is 6.71. The standard InChI is InChI=1S/C9H13NO/c1-2-8(6-10)5-9-3-4-11-7-9/h3-5,7H,2,6,10H2,1H3. The predicted octanol–water partition coefficient (Wildman–Crippen LogP) is 2.03. The average Bonchev–Trinajstić information content (AvgIpc) is 2.52. The molecule has 0 amide bonds. The van der Waals surface area contributed by atoms with Crippen molar-refractivity contribution in [1.82, 2.24) is 0 Å². The summed E-state index contributed by atoms with van der Waals surface area (Å²) in [6.07, 6.45) is 6.44. The first-order chi connectivity index (χ1) is 5.36. The Kier molecular flexibility index (Phi) is 2.93. The van der Waals surface area contributed by atoms with Gasteiger partial charge in [-0.15, -0.1) is 0 Å². The van der Waals surface area contributed by atoms with E-state index in [9.17, 15) is 0 Å². The van der Waals surface area contributed by atoms with Gasteiger partial charge in [0.15, 0.2) is 0 Å². The zero-order chi connectivity index (χ0) is 8.10. The SMILES string of the molecule is CCC(=Cc1ccoc1)CN. The molecule has 1 aromatic rings. The molecule has 2 N–H and O–H groups in total. The van der Waals surface area contributed by atoms with Crippen molar-refractivity contribution in [2.45, 2.75) is 13.3 Å². The van der Waals surface area contributed by atoms with Crippen LogP contribution in [0.5, 0.6) is 0 Å². The van der Waals surface area contributed by atoms with E-state index in [1.54, 1.807) is 12.5 Å². The smallest absolute Gasteiger partial charge is 0.0974 e. The molecule has 0 atom stereocenters. The molecule has 0 saturated heterocycles. The third kappa shape index (κ3) is 2.24. The monoisotopic (exact) mass is 151 g/mol. The van der Waals surface area contributed by atoms with Crippen molar-refractivity contribution in [1.29, 1.82) is 0 Å². The summed E-state index contributed by atoms with van der Waals surface area (Å²) in [5.74, 6) is 0. The summed E-state index contributed by atoms with van der Waals surface area (Å²) >= 11 is 0. The van der Waals surface area contributed by atoms with E-state index in [1.807, 2.05) is 6.07 Å². The lowest BCUT2D eigenvalue weighted by Gasteiger charge is -1.96. The van der Waals surface area contributed by atoms with Crippen LogP contribution in [-0.4, -0.2) is 6.54 Å². The van der Waals surface area contributed by atoms with E-state index in [0.717, 1.165) is 12.0 Å². The Labute approximate surface area is 66.7 Å². The van der Waals surface area contributed by atoms with Gasteiger partial charge in [0, 0.05) is 12.1 Å². The second-order valence-electron chi connectivity index (χ2n) is 2.42. The van der Waals surface area contributed by atoms with Crippen molar-refractivity contribution >= 4 is 6.08 Å². The molecule has 0 spiro atoms. The quantitative estimate of drug-likeness (QED) is 0.717. The minimum atomic E-state index is 0.627. The van der Waals surface area contributed by atoms with E-state index in [1.165, 1.54) is 5.57 Å². The van der Waals surface area contributed by atoms with Crippen LogP contribution in [0.4, 0.5) is 0 Å². The molecule has 0 radical (unpaired) electrons. The predicted molar refractivity (Wildman–Crippen MR) is 46.0 cm³/mol. The van der Waals surface area contributed by atoms with Gasteiger partial charge in [0.25, 0.3) is 0 Å². The van der Waals surface area contributed by atoms with Crippen molar-refractivity contribution in [3.8, 4) is 0 Å². The van der Waals surface area contributed by atoms with E-state index in [-0.39, 0.29) is 0 Å². The molecule has 60 valence electrons. The second-order valence-corrected chi connectivity index (χ2v) is 2.42. The molecular formula is C9H13NO. The van der Waals surface area contributed by atoms with Crippen LogP contribution in [0.15, 0.2) is 28.6 Å². The molecule has 1 rings (SSSR count). The number of hydrogen-bond donors (Lipinski definition) is 1. The van der Waals surface area contributed by atoms with Crippen LogP contribution in [0, 0.1) is 0 Å². The van der Waals surface area contributed by atoms with Crippen LogP contribution in [-0.2, 0) is 0 Å². The first kappa shape index (κ1) is 8.08. The fraction of sp³-hybridized carbons (Fsp3) is 0.333. The first-order valence-electron chi connectivity index (χ1n) is 3.78. The Morgan fingerprint density at radius 2 is 2.55 bits per heavy atom. The van der Waals surface area contributed by atoms with Crippen LogP contribution < -0.4 is 5.73 Å². The van der Waals surface area contributed by atoms with E-state index in [0.29, 0.717) is 6.54 Å². The molecule has 0 bridgehead atoms. The normalized spacial score (nSPS) is 12.0. The fourth-order valence-corrected chi connectivity index (χ4v) is 0.898. The maximum absolute atomic E-state index is 5.50. The summed E-state index contributed by atoms with van der Waals surface area (Å²) < 4.78 is 4.92. The molecule has 0 saturated carbocycles. The van der Waals surface area contributed by atoms with Gasteiger partial charge in [-0.3, -0.25) is 0 Å². The van der Waals surface area contributed by atoms with Crippen LogP contribution in [0.25, 0.3) is 6.08 Å². The summed E-state index contributed by atoms with van der Waals surface area (Å²) in [4.78, 5) is 0. The van der Waals surface area contributed by atoms with Crippen molar-refractivity contribution in [2.75, 3.05) is 6.54 Å². The average molecular weight is 151 g/mol. The van der Waals surface area contributed by atoms with Crippen molar-refractivity contribution < 1.29 is 4.42 Å². The Balaban J connectivity index is 2.71. The highest BCUT2D eigenvalue weighted by atomic mass is 16.3. The van der Waals surface area contributed by atoms with Gasteiger partial charge in [-0.2, -0.15) is 0 Å². The fourth-order valence-electron chi connectivity index (χ4n) is 0.898. The Morgan fingerprint density at radius 3 is 3.00 bits per heavy atom. The Morgan fingerprint density at radius 1 is 1.73 bits per heavy atom. The minimum absolute atomic E-state index is 0.627. The Hall–Kier alpha value is -1.02. The number of rotatable bonds is 3. The van der Waals surface area contributed by atoms with Crippen LogP contribution in [0.2, 0.25) is 0 Å². The Bertz CT molecular complexity index is 218. The number of hydrogen-bond acceptors (Lipinski definition) is 2. The van der Waals surface area contributed by atoms with Crippen LogP contribution in [0.3, 0.4) is 0 Å². The van der Waals surface area contributed by atoms with Crippen molar-refractivity contribution in [3.63, 3.8) is 0 Å². The molecule has 1 aromatic heterocycles. The van der Waals surface area contributed by atoms with Gasteiger partial charge in [0.1, 0.15) is 0 Å². The second kappa shape index (κ2) is 3.98. The van der Waals surface area contributed by atoms with Gasteiger partial charge in [-0.1, -0.05) is 18.6 Å². The highest BCUT2D eigenvalue weighted by Crippen LogP contribution is 2.08. The molecule has 0 unspecified atom stereocenters. The molecule has 0 aliphatic heterocycles. The summed E-state index contributed by atoms with van der Waals surface area (Å²) in [5, 5.41) is 0. The highest BCUT2D eigenvalue weighted by Gasteiger charge is 1.92. The number of nitrogens with two attached hydrogens (primary N) is 1. The largest absolute Gasteiger partial charge is 0.472 e. The van der Waals surface area contributed by atoms with E-state index in [2.05, 4.69) is 13.0 Å². The molecule has 0 aliphatic rings. The molecule has 0 aliphatic carbocycles. The van der Waals surface area contributed by atoms with Crippen LogP contribution >= 0.6 is 0 Å². The van der Waals surface area contributed by atoms with Crippen molar-refractivity contribution in [3.05, 3.63) is 29.7 Å². The summed E-state index contributed by atoms with van der Waals surface area (Å²) in [7, 11) is 0. The first-order valence-corrected chi connectivity index (χ1v) is 3.78. The number of furan rings is 1. The van der Waals surface area contributed by atoms with E-state index < -0.39 is 0 Å². The van der Waals surface area contributed by atoms with Gasteiger partial charge in [0.05, 0.1) is 12.5 Å². The summed E-state index contributed by atoms with van der Waals surface area (Å²) in [6.45, 7) is 2.72. The minimum Gasteiger partial charge on any atom is -0.472 e. The molecule has 2 nitrogen and oxygen atoms in total. The van der Waals surface area contributed by atoms with Gasteiger partial charge in [0.2, 0.25) is 0 Å². The molecular weight excluding hydrogens is 138 g/mol. The molecule has 0 fully saturated rings. The zero-order valence-corrected chi connectivity index (χ0v) is 6.71. The lowest BCUT2D eigenvalue weighted by Crippen LogP contribution is -2.01. The third-order valence-corrected chi connectivity index (χ3v) is 1.63. The van der Waals surface area contributed by atoms with Gasteiger partial charge < -0.3 is 10.2 Å². The van der Waals surface area contributed by atoms with Gasteiger partial charge >= 0.3 is 0 Å². The lowest BCUT2D eigenvalue weighted by atomic mass is 10.1. The van der Waals surface area contributed by atoms with Crippen LogP contribution in [0.1, 0.15) is 18.9 Å². The van der Waals surface area contributed by atoms with Gasteiger partial charge in [-0.05, 0) is 12.5 Å². The molecule has 1 heterocycles. The van der Waals surface area contributed by atoms with E-state index >= 15 is 0 Å². The highest BCUT2D eigenvalue weighted by molar-refractivity contribution is 5.51. The summed E-state index contributed by atoms with van der Waals surface area (Å²) in [6, 6.07) is 1.92. The molecule has 2 heteroatoms. The lowest BCUT2D eigenvalue weighted by molar-refractivity contribution is 0.567. The maximum atomic E-state index is 5.50. The van der Waals surface area contributed by atoms with Crippen molar-refractivity contribution in [2.24, 2.45) is 5.73 Å². The molecule has 11 heavy (non-hydrogen) atoms. The topological polar surface area (TPSA) is 39.2 Å². The van der Waals surface area contributed by atoms with E-state index in [4.69, 9.17) is 10.2 Å². The third-order valence-electron chi connectivity index (χ3n) is 1.63. The summed E-state index contributed by atoms with van der Waals surface area (Å²) in [5.41, 5.74) is 7.83. The maximum Gasteiger partial charge on any atom is 0.0974 e.